The SMILES string of the molecule is O=C(NC1C2CCC(C2)C1C(=O)O)c1ccc(Cl)cc1Cl. The van der Waals surface area contributed by atoms with Gasteiger partial charge in [0.15, 0.2) is 0 Å². The van der Waals surface area contributed by atoms with Crippen LogP contribution in [-0.2, 0) is 4.79 Å². The minimum absolute atomic E-state index is 0.179. The Morgan fingerprint density at radius 2 is 1.90 bits per heavy atom. The molecular formula is C15H15Cl2NO3. The summed E-state index contributed by atoms with van der Waals surface area (Å²) in [4.78, 5) is 23.8. The number of rotatable bonds is 3. The van der Waals surface area contributed by atoms with Gasteiger partial charge in [-0.05, 0) is 49.3 Å². The minimum Gasteiger partial charge on any atom is -0.481 e. The first kappa shape index (κ1) is 14.7. The first-order valence-corrected chi connectivity index (χ1v) is 7.71. The van der Waals surface area contributed by atoms with E-state index in [-0.39, 0.29) is 28.8 Å². The average Bonchev–Trinajstić information content (AvgIpc) is 2.98. The zero-order valence-corrected chi connectivity index (χ0v) is 12.7. The van der Waals surface area contributed by atoms with Crippen molar-refractivity contribution >= 4 is 35.1 Å². The van der Waals surface area contributed by atoms with E-state index in [9.17, 15) is 14.7 Å². The number of carboxylic acid groups (broad SMARTS) is 1. The molecule has 2 N–H and O–H groups in total. The fourth-order valence-corrected chi connectivity index (χ4v) is 4.25. The van der Waals surface area contributed by atoms with Crippen molar-refractivity contribution in [2.45, 2.75) is 25.3 Å². The number of benzene rings is 1. The molecule has 1 aromatic rings. The van der Waals surface area contributed by atoms with Crippen LogP contribution < -0.4 is 5.32 Å². The summed E-state index contributed by atoms with van der Waals surface area (Å²) in [6.07, 6.45) is 2.81. The molecule has 2 fully saturated rings. The third-order valence-corrected chi connectivity index (χ3v) is 5.22. The summed E-state index contributed by atoms with van der Waals surface area (Å²) in [5.74, 6) is -1.21. The molecule has 1 amide bonds. The fourth-order valence-electron chi connectivity index (χ4n) is 3.76. The minimum atomic E-state index is -0.824. The normalized spacial score (nSPS) is 30.4. The van der Waals surface area contributed by atoms with Crippen LogP contribution in [0.15, 0.2) is 18.2 Å². The molecule has 0 heterocycles. The van der Waals surface area contributed by atoms with Gasteiger partial charge in [-0.2, -0.15) is 0 Å². The van der Waals surface area contributed by atoms with Gasteiger partial charge in [-0.3, -0.25) is 9.59 Å². The van der Waals surface area contributed by atoms with Crippen LogP contribution in [0, 0.1) is 17.8 Å². The highest BCUT2D eigenvalue weighted by Crippen LogP contribution is 2.48. The Morgan fingerprint density at radius 3 is 2.57 bits per heavy atom. The molecule has 21 heavy (non-hydrogen) atoms. The monoisotopic (exact) mass is 327 g/mol. The van der Waals surface area contributed by atoms with Gasteiger partial charge in [0.05, 0.1) is 16.5 Å². The lowest BCUT2D eigenvalue weighted by atomic mass is 9.84. The quantitative estimate of drug-likeness (QED) is 0.895. The maximum absolute atomic E-state index is 12.3. The molecule has 4 unspecified atom stereocenters. The largest absolute Gasteiger partial charge is 0.481 e. The molecule has 2 saturated carbocycles. The predicted octanol–water partition coefficient (Wildman–Crippen LogP) is 3.22. The van der Waals surface area contributed by atoms with Gasteiger partial charge in [0.25, 0.3) is 5.91 Å². The number of carbonyl (C=O) groups excluding carboxylic acids is 1. The Hall–Kier alpha value is -1.26. The molecule has 0 saturated heterocycles. The van der Waals surface area contributed by atoms with Crippen LogP contribution in [0.2, 0.25) is 10.0 Å². The Kier molecular flexibility index (Phi) is 3.84. The molecule has 0 radical (unpaired) electrons. The first-order valence-electron chi connectivity index (χ1n) is 6.96. The van der Waals surface area contributed by atoms with Crippen molar-refractivity contribution in [1.29, 1.82) is 0 Å². The van der Waals surface area contributed by atoms with Gasteiger partial charge < -0.3 is 10.4 Å². The average molecular weight is 328 g/mol. The zero-order valence-electron chi connectivity index (χ0n) is 11.2. The molecule has 4 atom stereocenters. The van der Waals surface area contributed by atoms with Crippen LogP contribution in [0.25, 0.3) is 0 Å². The predicted molar refractivity (Wildman–Crippen MR) is 79.7 cm³/mol. The lowest BCUT2D eigenvalue weighted by Gasteiger charge is -2.29. The molecule has 0 spiro atoms. The summed E-state index contributed by atoms with van der Waals surface area (Å²) in [5.41, 5.74) is 0.327. The van der Waals surface area contributed by atoms with Crippen molar-refractivity contribution in [3.63, 3.8) is 0 Å². The topological polar surface area (TPSA) is 66.4 Å². The van der Waals surface area contributed by atoms with Crippen molar-refractivity contribution in [3.05, 3.63) is 33.8 Å². The van der Waals surface area contributed by atoms with E-state index in [4.69, 9.17) is 23.2 Å². The molecule has 6 heteroatoms. The van der Waals surface area contributed by atoms with Gasteiger partial charge >= 0.3 is 5.97 Å². The van der Waals surface area contributed by atoms with E-state index in [2.05, 4.69) is 5.32 Å². The number of carbonyl (C=O) groups is 2. The molecule has 2 aliphatic carbocycles. The Morgan fingerprint density at radius 1 is 1.19 bits per heavy atom. The standard InChI is InChI=1S/C15H15Cl2NO3/c16-9-3-4-10(11(17)6-9)14(19)18-13-8-2-1-7(5-8)12(13)15(20)21/h3-4,6-8,12-13H,1-2,5H2,(H,18,19)(H,20,21). The van der Waals surface area contributed by atoms with Gasteiger partial charge in [-0.25, -0.2) is 0 Å². The number of carboxylic acids is 1. The van der Waals surface area contributed by atoms with E-state index in [0.29, 0.717) is 10.6 Å². The van der Waals surface area contributed by atoms with E-state index in [0.717, 1.165) is 19.3 Å². The summed E-state index contributed by atoms with van der Waals surface area (Å²) < 4.78 is 0. The number of fused-ring (bicyclic) bond motifs is 2. The van der Waals surface area contributed by atoms with Gasteiger partial charge in [-0.1, -0.05) is 23.2 Å². The van der Waals surface area contributed by atoms with Gasteiger partial charge in [0.1, 0.15) is 0 Å². The molecular weight excluding hydrogens is 313 g/mol. The molecule has 2 bridgehead atoms. The van der Waals surface area contributed by atoms with E-state index in [1.165, 1.54) is 6.07 Å². The second-order valence-corrected chi connectivity index (χ2v) is 6.66. The van der Waals surface area contributed by atoms with Crippen LogP contribution in [0.3, 0.4) is 0 Å². The van der Waals surface area contributed by atoms with E-state index in [1.807, 2.05) is 0 Å². The van der Waals surface area contributed by atoms with Crippen molar-refractivity contribution in [3.8, 4) is 0 Å². The number of aliphatic carboxylic acids is 1. The number of amides is 1. The second kappa shape index (κ2) is 5.50. The maximum atomic E-state index is 12.3. The second-order valence-electron chi connectivity index (χ2n) is 5.82. The molecule has 0 aliphatic heterocycles. The van der Waals surface area contributed by atoms with E-state index < -0.39 is 11.9 Å². The summed E-state index contributed by atoms with van der Waals surface area (Å²) in [6, 6.07) is 4.36. The first-order chi connectivity index (χ1) is 9.97. The highest BCUT2D eigenvalue weighted by Gasteiger charge is 2.51. The summed E-state index contributed by atoms with van der Waals surface area (Å²) in [6.45, 7) is 0. The van der Waals surface area contributed by atoms with Gasteiger partial charge in [-0.15, -0.1) is 0 Å². The third-order valence-electron chi connectivity index (χ3n) is 4.68. The molecule has 4 nitrogen and oxygen atoms in total. The van der Waals surface area contributed by atoms with E-state index in [1.54, 1.807) is 12.1 Å². The van der Waals surface area contributed by atoms with Crippen LogP contribution in [0.1, 0.15) is 29.6 Å². The zero-order chi connectivity index (χ0) is 15.1. The van der Waals surface area contributed by atoms with Crippen LogP contribution in [0.4, 0.5) is 0 Å². The third kappa shape index (κ3) is 2.62. The Balaban J connectivity index is 1.79. The highest BCUT2D eigenvalue weighted by atomic mass is 35.5. The Bertz CT molecular complexity index is 605. The summed E-state index contributed by atoms with van der Waals surface area (Å²) in [5, 5.41) is 13.0. The van der Waals surface area contributed by atoms with Crippen molar-refractivity contribution in [1.82, 2.24) is 5.32 Å². The molecule has 3 rings (SSSR count). The van der Waals surface area contributed by atoms with Crippen molar-refractivity contribution < 1.29 is 14.7 Å². The smallest absolute Gasteiger partial charge is 0.308 e. The summed E-state index contributed by atoms with van der Waals surface area (Å²) in [7, 11) is 0. The molecule has 2 aliphatic rings. The molecule has 1 aromatic carbocycles. The van der Waals surface area contributed by atoms with E-state index >= 15 is 0 Å². The van der Waals surface area contributed by atoms with Gasteiger partial charge in [0, 0.05) is 11.1 Å². The van der Waals surface area contributed by atoms with Crippen molar-refractivity contribution in [2.24, 2.45) is 17.8 Å². The van der Waals surface area contributed by atoms with Crippen LogP contribution in [0.5, 0.6) is 0 Å². The van der Waals surface area contributed by atoms with Crippen LogP contribution >= 0.6 is 23.2 Å². The number of nitrogens with one attached hydrogen (secondary N) is 1. The molecule has 0 aromatic heterocycles. The van der Waals surface area contributed by atoms with Crippen LogP contribution in [-0.4, -0.2) is 23.0 Å². The maximum Gasteiger partial charge on any atom is 0.308 e. The number of halogens is 2. The number of hydrogen-bond acceptors (Lipinski definition) is 2. The molecule has 112 valence electrons. The Labute approximate surface area is 132 Å². The lowest BCUT2D eigenvalue weighted by molar-refractivity contribution is -0.144. The summed E-state index contributed by atoms with van der Waals surface area (Å²) >= 11 is 11.8. The lowest BCUT2D eigenvalue weighted by Crippen LogP contribution is -2.46. The number of hydrogen-bond donors (Lipinski definition) is 2. The highest BCUT2D eigenvalue weighted by molar-refractivity contribution is 6.36. The fraction of sp³-hybridized carbons (Fsp3) is 0.467. The van der Waals surface area contributed by atoms with Gasteiger partial charge in [0.2, 0.25) is 0 Å². The van der Waals surface area contributed by atoms with Crippen molar-refractivity contribution in [2.75, 3.05) is 0 Å².